The average molecular weight is 300 g/mol. The summed E-state index contributed by atoms with van der Waals surface area (Å²) in [6.07, 6.45) is 0. The molecule has 0 bridgehead atoms. The van der Waals surface area contributed by atoms with E-state index >= 15 is 0 Å². The van der Waals surface area contributed by atoms with Crippen molar-refractivity contribution >= 4 is 28.3 Å². The van der Waals surface area contributed by atoms with Gasteiger partial charge in [0, 0.05) is 3.57 Å². The van der Waals surface area contributed by atoms with E-state index < -0.39 is 6.61 Å². The van der Waals surface area contributed by atoms with E-state index in [0.29, 0.717) is 5.69 Å². The third-order valence-electron chi connectivity index (χ3n) is 1.32. The summed E-state index contributed by atoms with van der Waals surface area (Å²) >= 11 is 1.97. The van der Waals surface area contributed by atoms with Crippen LogP contribution in [0.2, 0.25) is 0 Å². The molecule has 3 N–H and O–H groups in total. The van der Waals surface area contributed by atoms with Crippen molar-refractivity contribution in [3.63, 3.8) is 0 Å². The van der Waals surface area contributed by atoms with Gasteiger partial charge in [0.25, 0.3) is 0 Å². The second-order valence-corrected chi connectivity index (χ2v) is 3.33. The van der Waals surface area contributed by atoms with Gasteiger partial charge in [0.2, 0.25) is 0 Å². The van der Waals surface area contributed by atoms with Crippen LogP contribution in [0.4, 0.5) is 14.5 Å². The van der Waals surface area contributed by atoms with Crippen LogP contribution in [0.1, 0.15) is 0 Å². The van der Waals surface area contributed by atoms with Crippen LogP contribution in [-0.2, 0) is 0 Å². The van der Waals surface area contributed by atoms with Crippen molar-refractivity contribution in [2.45, 2.75) is 6.61 Å². The van der Waals surface area contributed by atoms with Gasteiger partial charge in [-0.3, -0.25) is 5.84 Å². The van der Waals surface area contributed by atoms with E-state index in [0.717, 1.165) is 3.57 Å². The molecule has 0 amide bonds. The van der Waals surface area contributed by atoms with Crippen LogP contribution in [0.3, 0.4) is 0 Å². The van der Waals surface area contributed by atoms with E-state index in [4.69, 9.17) is 5.84 Å². The lowest BCUT2D eigenvalue weighted by atomic mass is 10.3. The lowest BCUT2D eigenvalue weighted by Crippen LogP contribution is -2.08. The van der Waals surface area contributed by atoms with Gasteiger partial charge in [0.05, 0.1) is 5.69 Å². The average Bonchev–Trinajstić information content (AvgIpc) is 2.03. The zero-order valence-corrected chi connectivity index (χ0v) is 8.59. The molecule has 0 heterocycles. The highest BCUT2D eigenvalue weighted by Gasteiger charge is 2.05. The zero-order valence-electron chi connectivity index (χ0n) is 6.43. The standard InChI is InChI=1S/C7H7F2IN2O/c8-7(9)13-4-1-2-6(12-11)5(10)3-4/h1-3,7,12H,11H2. The molecule has 0 fully saturated rings. The molecule has 1 rings (SSSR count). The van der Waals surface area contributed by atoms with Gasteiger partial charge in [0.15, 0.2) is 0 Å². The second-order valence-electron chi connectivity index (χ2n) is 2.16. The molecule has 3 nitrogen and oxygen atoms in total. The first kappa shape index (κ1) is 10.5. The van der Waals surface area contributed by atoms with Crippen molar-refractivity contribution in [2.24, 2.45) is 5.84 Å². The Kier molecular flexibility index (Phi) is 3.67. The van der Waals surface area contributed by atoms with Crippen molar-refractivity contribution in [1.29, 1.82) is 0 Å². The van der Waals surface area contributed by atoms with E-state index in [-0.39, 0.29) is 5.75 Å². The van der Waals surface area contributed by atoms with Crippen molar-refractivity contribution in [3.8, 4) is 5.75 Å². The lowest BCUT2D eigenvalue weighted by Gasteiger charge is -2.07. The van der Waals surface area contributed by atoms with Gasteiger partial charge < -0.3 is 10.2 Å². The largest absolute Gasteiger partial charge is 0.435 e. The number of ether oxygens (including phenoxy) is 1. The first-order valence-corrected chi connectivity index (χ1v) is 4.42. The monoisotopic (exact) mass is 300 g/mol. The Morgan fingerprint density at radius 3 is 2.62 bits per heavy atom. The minimum atomic E-state index is -2.80. The molecule has 0 unspecified atom stereocenters. The summed E-state index contributed by atoms with van der Waals surface area (Å²) in [5.74, 6) is 5.28. The molecule has 0 aromatic heterocycles. The van der Waals surface area contributed by atoms with Crippen molar-refractivity contribution in [1.82, 2.24) is 0 Å². The normalized spacial score (nSPS) is 10.2. The summed E-state index contributed by atoms with van der Waals surface area (Å²) in [4.78, 5) is 0. The van der Waals surface area contributed by atoms with Gasteiger partial charge in [0.1, 0.15) is 5.75 Å². The van der Waals surface area contributed by atoms with Gasteiger partial charge >= 0.3 is 6.61 Å². The number of anilines is 1. The Balaban J connectivity index is 2.83. The zero-order chi connectivity index (χ0) is 9.84. The molecular weight excluding hydrogens is 293 g/mol. The molecule has 0 saturated heterocycles. The maximum Gasteiger partial charge on any atom is 0.387 e. The van der Waals surface area contributed by atoms with E-state index in [1.807, 2.05) is 22.6 Å². The third kappa shape index (κ3) is 2.96. The van der Waals surface area contributed by atoms with Crippen molar-refractivity contribution in [3.05, 3.63) is 21.8 Å². The van der Waals surface area contributed by atoms with E-state index in [1.165, 1.54) is 12.1 Å². The van der Waals surface area contributed by atoms with Gasteiger partial charge in [-0.2, -0.15) is 8.78 Å². The fourth-order valence-corrected chi connectivity index (χ4v) is 1.43. The summed E-state index contributed by atoms with van der Waals surface area (Å²) in [5.41, 5.74) is 3.09. The minimum absolute atomic E-state index is 0.124. The van der Waals surface area contributed by atoms with Crippen LogP contribution >= 0.6 is 22.6 Å². The van der Waals surface area contributed by atoms with E-state index in [1.54, 1.807) is 6.07 Å². The van der Waals surface area contributed by atoms with Crippen molar-refractivity contribution in [2.75, 3.05) is 5.43 Å². The maximum atomic E-state index is 11.8. The molecule has 13 heavy (non-hydrogen) atoms. The number of hydrogen-bond donors (Lipinski definition) is 2. The molecule has 0 atom stereocenters. The van der Waals surface area contributed by atoms with Crippen LogP contribution in [0.25, 0.3) is 0 Å². The predicted molar refractivity (Wildman–Crippen MR) is 53.6 cm³/mol. The number of hydrogen-bond acceptors (Lipinski definition) is 3. The Morgan fingerprint density at radius 1 is 1.46 bits per heavy atom. The summed E-state index contributed by atoms with van der Waals surface area (Å²) in [6.45, 7) is -2.80. The molecule has 0 radical (unpaired) electrons. The fraction of sp³-hybridized carbons (Fsp3) is 0.143. The molecular formula is C7H7F2IN2O. The Hall–Kier alpha value is -0.630. The van der Waals surface area contributed by atoms with Gasteiger partial charge in [-0.15, -0.1) is 0 Å². The predicted octanol–water partition coefficient (Wildman–Crippen LogP) is 2.18. The number of nitrogens with two attached hydrogens (primary N) is 1. The quantitative estimate of drug-likeness (QED) is 0.511. The summed E-state index contributed by atoms with van der Waals surface area (Å²) in [5, 5.41) is 0. The number of halogens is 3. The number of nitrogens with one attached hydrogen (secondary N) is 1. The van der Waals surface area contributed by atoms with Crippen LogP contribution in [0.15, 0.2) is 18.2 Å². The van der Waals surface area contributed by atoms with Crippen LogP contribution < -0.4 is 16.0 Å². The van der Waals surface area contributed by atoms with Gasteiger partial charge in [-0.25, -0.2) is 0 Å². The smallest absolute Gasteiger partial charge is 0.387 e. The molecule has 1 aromatic carbocycles. The molecule has 1 aromatic rings. The highest BCUT2D eigenvalue weighted by molar-refractivity contribution is 14.1. The van der Waals surface area contributed by atoms with Gasteiger partial charge in [-0.1, -0.05) is 0 Å². The van der Waals surface area contributed by atoms with Crippen molar-refractivity contribution < 1.29 is 13.5 Å². The topological polar surface area (TPSA) is 47.3 Å². The molecule has 0 aliphatic rings. The fourth-order valence-electron chi connectivity index (χ4n) is 0.789. The Morgan fingerprint density at radius 2 is 2.15 bits per heavy atom. The highest BCUT2D eigenvalue weighted by atomic mass is 127. The lowest BCUT2D eigenvalue weighted by molar-refractivity contribution is -0.0498. The summed E-state index contributed by atoms with van der Waals surface area (Å²) in [6, 6.07) is 4.46. The molecule has 0 saturated carbocycles. The van der Waals surface area contributed by atoms with Crippen LogP contribution in [-0.4, -0.2) is 6.61 Å². The number of benzene rings is 1. The highest BCUT2D eigenvalue weighted by Crippen LogP contribution is 2.23. The SMILES string of the molecule is NNc1ccc(OC(F)F)cc1I. The molecule has 0 aliphatic heterocycles. The summed E-state index contributed by atoms with van der Waals surface area (Å²) < 4.78 is 28.4. The summed E-state index contributed by atoms with van der Waals surface area (Å²) in [7, 11) is 0. The first-order valence-electron chi connectivity index (χ1n) is 3.34. The maximum absolute atomic E-state index is 11.8. The van der Waals surface area contributed by atoms with Crippen LogP contribution in [0, 0.1) is 3.57 Å². The Bertz CT molecular complexity index is 296. The number of hydrazine groups is 1. The van der Waals surface area contributed by atoms with Crippen LogP contribution in [0.5, 0.6) is 5.75 Å². The second kappa shape index (κ2) is 4.56. The molecule has 0 aliphatic carbocycles. The van der Waals surface area contributed by atoms with E-state index in [9.17, 15) is 8.78 Å². The molecule has 0 spiro atoms. The number of nitrogen functional groups attached to an aromatic ring is 1. The molecule has 6 heteroatoms. The molecule has 72 valence electrons. The van der Waals surface area contributed by atoms with Gasteiger partial charge in [-0.05, 0) is 40.8 Å². The van der Waals surface area contributed by atoms with E-state index in [2.05, 4.69) is 10.2 Å². The minimum Gasteiger partial charge on any atom is -0.435 e. The first-order chi connectivity index (χ1) is 6.13. The third-order valence-corrected chi connectivity index (χ3v) is 2.21. The number of alkyl halides is 2. The number of rotatable bonds is 3. The Labute approximate surface area is 87.4 Å².